The molecule has 0 aliphatic carbocycles. The highest BCUT2D eigenvalue weighted by molar-refractivity contribution is 5.86. The van der Waals surface area contributed by atoms with Crippen LogP contribution in [0.25, 0.3) is 0 Å². The minimum absolute atomic E-state index is 0.0728. The van der Waals surface area contributed by atoms with Crippen molar-refractivity contribution in [2.24, 2.45) is 0 Å². The Hall–Kier alpha value is -1.42. The van der Waals surface area contributed by atoms with E-state index in [9.17, 15) is 9.18 Å². The second kappa shape index (κ2) is 4.22. The number of carbonyl (C=O) groups excluding carboxylic acids is 1. The Bertz CT molecular complexity index is 419. The van der Waals surface area contributed by atoms with Crippen molar-refractivity contribution in [3.05, 3.63) is 35.1 Å². The smallest absolute Gasteiger partial charge is 0.227 e. The molecule has 86 valence electrons. The normalized spacial score (nSPS) is 24.6. The molecule has 2 rings (SSSR count). The summed E-state index contributed by atoms with van der Waals surface area (Å²) >= 11 is 0. The molecule has 1 heterocycles. The molecule has 2 N–H and O–H groups in total. The zero-order valence-corrected chi connectivity index (χ0v) is 9.03. The van der Waals surface area contributed by atoms with Crippen LogP contribution in [0.5, 0.6) is 0 Å². The molecule has 0 bridgehead atoms. The van der Waals surface area contributed by atoms with Gasteiger partial charge in [0.1, 0.15) is 5.82 Å². The van der Waals surface area contributed by atoms with Crippen molar-refractivity contribution < 1.29 is 14.3 Å². The van der Waals surface area contributed by atoms with Crippen LogP contribution in [0, 0.1) is 12.7 Å². The van der Waals surface area contributed by atoms with Gasteiger partial charge in [-0.2, -0.15) is 0 Å². The summed E-state index contributed by atoms with van der Waals surface area (Å²) in [6, 6.07) is 4.63. The van der Waals surface area contributed by atoms with Crippen molar-refractivity contribution in [3.63, 3.8) is 0 Å². The quantitative estimate of drug-likeness (QED) is 0.788. The van der Waals surface area contributed by atoms with E-state index < -0.39 is 0 Å². The number of hydrogen-bond acceptors (Lipinski definition) is 2. The van der Waals surface area contributed by atoms with Crippen LogP contribution < -0.4 is 5.32 Å². The monoisotopic (exact) mass is 223 g/mol. The summed E-state index contributed by atoms with van der Waals surface area (Å²) < 4.78 is 13.4. The van der Waals surface area contributed by atoms with Gasteiger partial charge < -0.3 is 10.4 Å². The number of rotatable bonds is 2. The molecule has 2 atom stereocenters. The Morgan fingerprint density at radius 3 is 2.88 bits per heavy atom. The van der Waals surface area contributed by atoms with Crippen molar-refractivity contribution in [1.82, 2.24) is 5.32 Å². The molecule has 1 aromatic carbocycles. The highest BCUT2D eigenvalue weighted by Gasteiger charge is 2.32. The van der Waals surface area contributed by atoms with Gasteiger partial charge in [-0.15, -0.1) is 0 Å². The van der Waals surface area contributed by atoms with Crippen molar-refractivity contribution in [3.8, 4) is 0 Å². The van der Waals surface area contributed by atoms with E-state index in [1.54, 1.807) is 19.1 Å². The van der Waals surface area contributed by atoms with Gasteiger partial charge in [-0.1, -0.05) is 12.1 Å². The highest BCUT2D eigenvalue weighted by Crippen LogP contribution is 2.27. The molecule has 1 saturated heterocycles. The first-order chi connectivity index (χ1) is 7.61. The summed E-state index contributed by atoms with van der Waals surface area (Å²) in [5.41, 5.74) is 1.25. The fourth-order valence-electron chi connectivity index (χ4n) is 1.99. The number of amides is 1. The fraction of sp³-hybridized carbons (Fsp3) is 0.417. The van der Waals surface area contributed by atoms with E-state index in [1.165, 1.54) is 6.07 Å². The second-order valence-electron chi connectivity index (χ2n) is 4.18. The molecular formula is C12H14FNO2. The molecule has 0 radical (unpaired) electrons. The third-order valence-corrected chi connectivity index (χ3v) is 3.00. The lowest BCUT2D eigenvalue weighted by atomic mass is 9.95. The Morgan fingerprint density at radius 2 is 2.31 bits per heavy atom. The molecule has 1 fully saturated rings. The first-order valence-corrected chi connectivity index (χ1v) is 5.29. The van der Waals surface area contributed by atoms with Gasteiger partial charge in [0.2, 0.25) is 5.91 Å². The van der Waals surface area contributed by atoms with E-state index in [-0.39, 0.29) is 30.3 Å². The average Bonchev–Trinajstić information content (AvgIpc) is 2.64. The van der Waals surface area contributed by atoms with E-state index in [2.05, 4.69) is 5.32 Å². The van der Waals surface area contributed by atoms with Crippen LogP contribution in [0.4, 0.5) is 4.39 Å². The van der Waals surface area contributed by atoms with Gasteiger partial charge in [0, 0.05) is 0 Å². The van der Waals surface area contributed by atoms with Gasteiger partial charge in [-0.05, 0) is 30.5 Å². The molecular weight excluding hydrogens is 209 g/mol. The van der Waals surface area contributed by atoms with Crippen LogP contribution in [-0.2, 0) is 4.79 Å². The van der Waals surface area contributed by atoms with E-state index in [0.29, 0.717) is 17.5 Å². The second-order valence-corrected chi connectivity index (χ2v) is 4.18. The van der Waals surface area contributed by atoms with E-state index in [0.717, 1.165) is 0 Å². The average molecular weight is 223 g/mol. The molecule has 1 unspecified atom stereocenters. The molecule has 0 aromatic heterocycles. The Balaban J connectivity index is 2.24. The number of aliphatic hydroxyl groups is 1. The summed E-state index contributed by atoms with van der Waals surface area (Å²) in [7, 11) is 0. The predicted octanol–water partition coefficient (Wildman–Crippen LogP) is 1.10. The lowest BCUT2D eigenvalue weighted by Gasteiger charge is -2.08. The lowest BCUT2D eigenvalue weighted by Crippen LogP contribution is -2.28. The van der Waals surface area contributed by atoms with Gasteiger partial charge in [-0.25, -0.2) is 4.39 Å². The maximum Gasteiger partial charge on any atom is 0.227 e. The molecule has 3 nitrogen and oxygen atoms in total. The molecule has 1 aliphatic rings. The summed E-state index contributed by atoms with van der Waals surface area (Å²) in [6.07, 6.45) is 0.526. The number of aryl methyl sites for hydroxylation is 1. The molecule has 1 aliphatic heterocycles. The minimum Gasteiger partial charge on any atom is -0.394 e. The lowest BCUT2D eigenvalue weighted by molar-refractivity contribution is -0.120. The SMILES string of the molecule is Cc1ccc([C@@H]2CC(CO)NC2=O)cc1F. The van der Waals surface area contributed by atoms with Crippen molar-refractivity contribution in [2.75, 3.05) is 6.61 Å². The largest absolute Gasteiger partial charge is 0.394 e. The summed E-state index contributed by atoms with van der Waals surface area (Å²) in [6.45, 7) is 1.61. The van der Waals surface area contributed by atoms with E-state index in [1.807, 2.05) is 0 Å². The number of nitrogens with one attached hydrogen (secondary N) is 1. The van der Waals surface area contributed by atoms with Crippen molar-refractivity contribution in [1.29, 1.82) is 0 Å². The number of hydrogen-bond donors (Lipinski definition) is 2. The van der Waals surface area contributed by atoms with Gasteiger partial charge in [0.05, 0.1) is 18.6 Å². The van der Waals surface area contributed by atoms with E-state index >= 15 is 0 Å². The van der Waals surface area contributed by atoms with Crippen LogP contribution in [0.1, 0.15) is 23.5 Å². The maximum absolute atomic E-state index is 13.4. The Morgan fingerprint density at radius 1 is 1.56 bits per heavy atom. The van der Waals surface area contributed by atoms with Crippen LogP contribution in [0.3, 0.4) is 0 Å². The van der Waals surface area contributed by atoms with Crippen molar-refractivity contribution >= 4 is 5.91 Å². The third-order valence-electron chi connectivity index (χ3n) is 3.00. The summed E-state index contributed by atoms with van der Waals surface area (Å²) in [4.78, 5) is 11.6. The van der Waals surface area contributed by atoms with Crippen LogP contribution in [0.2, 0.25) is 0 Å². The molecule has 4 heteroatoms. The molecule has 16 heavy (non-hydrogen) atoms. The Kier molecular flexibility index (Phi) is 2.92. The number of halogens is 1. The topological polar surface area (TPSA) is 49.3 Å². The Labute approximate surface area is 93.3 Å². The van der Waals surface area contributed by atoms with Gasteiger partial charge in [0.15, 0.2) is 0 Å². The maximum atomic E-state index is 13.4. The highest BCUT2D eigenvalue weighted by atomic mass is 19.1. The minimum atomic E-state index is -0.341. The first kappa shape index (κ1) is 11.1. The molecule has 1 aromatic rings. The number of aliphatic hydroxyl groups excluding tert-OH is 1. The van der Waals surface area contributed by atoms with Gasteiger partial charge in [0.25, 0.3) is 0 Å². The predicted molar refractivity (Wildman–Crippen MR) is 57.5 cm³/mol. The summed E-state index contributed by atoms with van der Waals surface area (Å²) in [5.74, 6) is -0.771. The van der Waals surface area contributed by atoms with Gasteiger partial charge in [-0.3, -0.25) is 4.79 Å². The van der Waals surface area contributed by atoms with E-state index in [4.69, 9.17) is 5.11 Å². The van der Waals surface area contributed by atoms with Gasteiger partial charge >= 0.3 is 0 Å². The standard InChI is InChI=1S/C12H14FNO2/c1-7-2-3-8(4-11(7)13)10-5-9(6-15)14-12(10)16/h2-4,9-10,15H,5-6H2,1H3,(H,14,16)/t9?,10-/m0/s1. The zero-order chi connectivity index (χ0) is 11.7. The van der Waals surface area contributed by atoms with Crippen molar-refractivity contribution in [2.45, 2.75) is 25.3 Å². The molecule has 0 saturated carbocycles. The zero-order valence-electron chi connectivity index (χ0n) is 9.03. The van der Waals surface area contributed by atoms with Crippen LogP contribution in [0.15, 0.2) is 18.2 Å². The van der Waals surface area contributed by atoms with Crippen LogP contribution in [-0.4, -0.2) is 23.7 Å². The first-order valence-electron chi connectivity index (χ1n) is 5.29. The molecule has 1 amide bonds. The third kappa shape index (κ3) is 1.93. The summed E-state index contributed by atoms with van der Waals surface area (Å²) in [5, 5.41) is 11.6. The number of carbonyl (C=O) groups is 1. The fourth-order valence-corrected chi connectivity index (χ4v) is 1.99. The van der Waals surface area contributed by atoms with Crippen LogP contribution >= 0.6 is 0 Å². The molecule has 0 spiro atoms. The number of benzene rings is 1.